The molecule has 0 unspecified atom stereocenters. The molecule has 0 aliphatic carbocycles. The Hall–Kier alpha value is -3.73. The average molecular weight is 334 g/mol. The second kappa shape index (κ2) is 6.80. The summed E-state index contributed by atoms with van der Waals surface area (Å²) in [5.41, 5.74) is 6.94. The molecular formula is C17H14N6O2. The molecule has 25 heavy (non-hydrogen) atoms. The molecule has 1 aromatic carbocycles. The van der Waals surface area contributed by atoms with Crippen molar-refractivity contribution in [2.45, 2.75) is 6.92 Å². The quantitative estimate of drug-likeness (QED) is 0.555. The van der Waals surface area contributed by atoms with Crippen molar-refractivity contribution < 1.29 is 9.53 Å². The normalized spacial score (nSPS) is 11.7. The topological polar surface area (TPSA) is 120 Å². The van der Waals surface area contributed by atoms with Gasteiger partial charge in [0.15, 0.2) is 12.3 Å². The number of allylic oxidation sites excluding steroid dienone is 1. The van der Waals surface area contributed by atoms with Gasteiger partial charge in [-0.3, -0.25) is 4.79 Å². The minimum atomic E-state index is -0.510. The molecular weight excluding hydrogens is 320 g/mol. The lowest BCUT2D eigenvalue weighted by Gasteiger charge is -2.06. The number of aromatic nitrogens is 4. The second-order valence-corrected chi connectivity index (χ2v) is 5.19. The van der Waals surface area contributed by atoms with Crippen molar-refractivity contribution in [1.82, 2.24) is 19.7 Å². The predicted molar refractivity (Wildman–Crippen MR) is 89.7 cm³/mol. The first-order valence-electron chi connectivity index (χ1n) is 7.38. The zero-order chi connectivity index (χ0) is 17.8. The SMILES string of the molecule is C/C(N)=C(/C#N)C(=O)COc1ncnc2c1cnn2-c1ccccc1. The van der Waals surface area contributed by atoms with E-state index in [1.54, 1.807) is 16.9 Å². The maximum atomic E-state index is 12.0. The molecule has 0 aliphatic heterocycles. The van der Waals surface area contributed by atoms with E-state index in [9.17, 15) is 4.79 Å². The third kappa shape index (κ3) is 3.16. The third-order valence-electron chi connectivity index (χ3n) is 3.45. The van der Waals surface area contributed by atoms with Gasteiger partial charge in [-0.1, -0.05) is 18.2 Å². The largest absolute Gasteiger partial charge is 0.469 e. The van der Waals surface area contributed by atoms with Gasteiger partial charge in [0.2, 0.25) is 11.7 Å². The molecule has 0 fully saturated rings. The van der Waals surface area contributed by atoms with Crippen molar-refractivity contribution in [3.63, 3.8) is 0 Å². The maximum absolute atomic E-state index is 12.0. The van der Waals surface area contributed by atoms with E-state index < -0.39 is 5.78 Å². The number of para-hydroxylation sites is 1. The van der Waals surface area contributed by atoms with Crippen LogP contribution in [0.5, 0.6) is 5.88 Å². The standard InChI is InChI=1S/C17H14N6O2/c1-11(19)13(7-18)15(24)9-25-17-14-8-22-23(16(14)20-10-21-17)12-5-3-2-4-6-12/h2-6,8,10H,9,19H2,1H3/b13-11+. The summed E-state index contributed by atoms with van der Waals surface area (Å²) >= 11 is 0. The van der Waals surface area contributed by atoms with Crippen LogP contribution in [0.25, 0.3) is 16.7 Å². The number of fused-ring (bicyclic) bond motifs is 1. The molecule has 0 radical (unpaired) electrons. The summed E-state index contributed by atoms with van der Waals surface area (Å²) in [7, 11) is 0. The van der Waals surface area contributed by atoms with Crippen molar-refractivity contribution in [3.8, 4) is 17.6 Å². The molecule has 8 nitrogen and oxygen atoms in total. The first-order valence-corrected chi connectivity index (χ1v) is 7.38. The Morgan fingerprint density at radius 3 is 2.76 bits per heavy atom. The van der Waals surface area contributed by atoms with Gasteiger partial charge in [-0.15, -0.1) is 0 Å². The summed E-state index contributed by atoms with van der Waals surface area (Å²) in [6.45, 7) is 1.14. The number of ketones is 1. The maximum Gasteiger partial charge on any atom is 0.228 e. The van der Waals surface area contributed by atoms with Gasteiger partial charge in [-0.2, -0.15) is 10.4 Å². The van der Waals surface area contributed by atoms with Gasteiger partial charge < -0.3 is 10.5 Å². The van der Waals surface area contributed by atoms with E-state index in [4.69, 9.17) is 15.7 Å². The number of carbonyl (C=O) groups excluding carboxylic acids is 1. The zero-order valence-corrected chi connectivity index (χ0v) is 13.4. The van der Waals surface area contributed by atoms with Gasteiger partial charge in [-0.05, 0) is 19.1 Å². The molecule has 124 valence electrons. The highest BCUT2D eigenvalue weighted by Gasteiger charge is 2.16. The van der Waals surface area contributed by atoms with Crippen LogP contribution in [0, 0.1) is 11.3 Å². The van der Waals surface area contributed by atoms with Gasteiger partial charge in [0, 0.05) is 5.70 Å². The molecule has 2 N–H and O–H groups in total. The van der Waals surface area contributed by atoms with Crippen LogP contribution in [0.1, 0.15) is 6.92 Å². The smallest absolute Gasteiger partial charge is 0.228 e. The Balaban J connectivity index is 1.89. The van der Waals surface area contributed by atoms with Gasteiger partial charge in [0.1, 0.15) is 23.4 Å². The Morgan fingerprint density at radius 1 is 1.32 bits per heavy atom. The highest BCUT2D eigenvalue weighted by Crippen LogP contribution is 2.23. The van der Waals surface area contributed by atoms with Gasteiger partial charge in [-0.25, -0.2) is 14.6 Å². The summed E-state index contributed by atoms with van der Waals surface area (Å²) in [6, 6.07) is 11.3. The van der Waals surface area contributed by atoms with Crippen LogP contribution in [-0.2, 0) is 4.79 Å². The average Bonchev–Trinajstić information content (AvgIpc) is 3.05. The fourth-order valence-electron chi connectivity index (χ4n) is 2.27. The molecule has 0 spiro atoms. The van der Waals surface area contributed by atoms with Crippen molar-refractivity contribution in [2.75, 3.05) is 6.61 Å². The molecule has 0 aliphatic rings. The lowest BCUT2D eigenvalue weighted by atomic mass is 10.1. The van der Waals surface area contributed by atoms with Gasteiger partial charge in [0.25, 0.3) is 0 Å². The molecule has 3 aromatic rings. The lowest BCUT2D eigenvalue weighted by Crippen LogP contribution is -2.16. The Labute approximate surface area is 143 Å². The summed E-state index contributed by atoms with van der Waals surface area (Å²) in [5, 5.41) is 13.8. The molecule has 2 heterocycles. The molecule has 0 saturated carbocycles. The second-order valence-electron chi connectivity index (χ2n) is 5.19. The van der Waals surface area contributed by atoms with Crippen LogP contribution >= 0.6 is 0 Å². The number of carbonyl (C=O) groups is 1. The van der Waals surface area contributed by atoms with Crippen molar-refractivity contribution in [2.24, 2.45) is 5.73 Å². The molecule has 8 heteroatoms. The summed E-state index contributed by atoms with van der Waals surface area (Å²) < 4.78 is 7.12. The fourth-order valence-corrected chi connectivity index (χ4v) is 2.27. The molecule has 0 bridgehead atoms. The number of rotatable bonds is 5. The Bertz CT molecular complexity index is 997. The number of Topliss-reactive ketones (excluding diaryl/α,β-unsaturated/α-hetero) is 1. The summed E-state index contributed by atoms with van der Waals surface area (Å²) in [4.78, 5) is 20.3. The minimum absolute atomic E-state index is 0.120. The van der Waals surface area contributed by atoms with E-state index in [1.807, 2.05) is 30.3 Å². The van der Waals surface area contributed by atoms with E-state index >= 15 is 0 Å². The highest BCUT2D eigenvalue weighted by atomic mass is 16.5. The predicted octanol–water partition coefficient (Wildman–Crippen LogP) is 1.52. The van der Waals surface area contributed by atoms with Gasteiger partial charge >= 0.3 is 0 Å². The van der Waals surface area contributed by atoms with E-state index in [0.29, 0.717) is 11.0 Å². The zero-order valence-electron chi connectivity index (χ0n) is 13.4. The first kappa shape index (κ1) is 16.1. The number of ether oxygens (including phenoxy) is 1. The molecule has 3 rings (SSSR count). The Morgan fingerprint density at radius 2 is 2.08 bits per heavy atom. The van der Waals surface area contributed by atoms with Gasteiger partial charge in [0.05, 0.1) is 11.9 Å². The molecule has 0 atom stereocenters. The van der Waals surface area contributed by atoms with E-state index in [-0.39, 0.29) is 23.8 Å². The highest BCUT2D eigenvalue weighted by molar-refractivity contribution is 6.00. The third-order valence-corrected chi connectivity index (χ3v) is 3.45. The van der Waals surface area contributed by atoms with Crippen LogP contribution in [0.15, 0.2) is 54.1 Å². The van der Waals surface area contributed by atoms with Crippen LogP contribution in [0.3, 0.4) is 0 Å². The van der Waals surface area contributed by atoms with Crippen LogP contribution in [0.2, 0.25) is 0 Å². The van der Waals surface area contributed by atoms with E-state index in [2.05, 4.69) is 15.1 Å². The molecule has 0 amide bonds. The molecule has 0 saturated heterocycles. The minimum Gasteiger partial charge on any atom is -0.469 e. The lowest BCUT2D eigenvalue weighted by molar-refractivity contribution is -0.117. The van der Waals surface area contributed by atoms with E-state index in [0.717, 1.165) is 5.69 Å². The number of hydrogen-bond acceptors (Lipinski definition) is 7. The van der Waals surface area contributed by atoms with Crippen molar-refractivity contribution >= 4 is 16.8 Å². The van der Waals surface area contributed by atoms with Crippen molar-refractivity contribution in [3.05, 3.63) is 54.1 Å². The number of hydrogen-bond donors (Lipinski definition) is 1. The van der Waals surface area contributed by atoms with E-state index in [1.165, 1.54) is 13.3 Å². The number of nitriles is 1. The van der Waals surface area contributed by atoms with Crippen LogP contribution < -0.4 is 10.5 Å². The fraction of sp³-hybridized carbons (Fsp3) is 0.118. The monoisotopic (exact) mass is 334 g/mol. The summed E-state index contributed by atoms with van der Waals surface area (Å²) in [5.74, 6) is -0.294. The van der Waals surface area contributed by atoms with Crippen LogP contribution in [0.4, 0.5) is 0 Å². The Kier molecular flexibility index (Phi) is 4.39. The molecule has 2 aromatic heterocycles. The summed E-state index contributed by atoms with van der Waals surface area (Å²) in [6.07, 6.45) is 2.90. The van der Waals surface area contributed by atoms with Crippen molar-refractivity contribution in [1.29, 1.82) is 5.26 Å². The van der Waals surface area contributed by atoms with Crippen LogP contribution in [-0.4, -0.2) is 32.1 Å². The number of nitrogens with two attached hydrogens (primary N) is 1. The number of benzene rings is 1. The number of nitrogens with zero attached hydrogens (tertiary/aromatic N) is 5. The first-order chi connectivity index (χ1) is 12.1.